The molecule has 0 unspecified atom stereocenters. The lowest BCUT2D eigenvalue weighted by Gasteiger charge is -2.21. The number of nitrogens with one attached hydrogen (secondary N) is 2. The van der Waals surface area contributed by atoms with Crippen molar-refractivity contribution in [1.82, 2.24) is 4.72 Å². The van der Waals surface area contributed by atoms with Gasteiger partial charge in [0.15, 0.2) is 0 Å². The van der Waals surface area contributed by atoms with E-state index in [0.717, 1.165) is 38.5 Å². The minimum Gasteiger partial charge on any atom is -0.492 e. The highest BCUT2D eigenvalue weighted by Crippen LogP contribution is 2.28. The molecule has 0 saturated heterocycles. The molecule has 1 amide bonds. The lowest BCUT2D eigenvalue weighted by molar-refractivity contribution is -0.114. The second-order valence-corrected chi connectivity index (χ2v) is 8.15. The van der Waals surface area contributed by atoms with E-state index in [-0.39, 0.29) is 16.8 Å². The minimum absolute atomic E-state index is 0.0268. The van der Waals surface area contributed by atoms with Gasteiger partial charge < -0.3 is 10.1 Å². The number of rotatable bonds is 6. The van der Waals surface area contributed by atoms with Gasteiger partial charge in [0.1, 0.15) is 5.75 Å². The van der Waals surface area contributed by atoms with Crippen molar-refractivity contribution >= 4 is 21.6 Å². The van der Waals surface area contributed by atoms with E-state index in [2.05, 4.69) is 10.0 Å². The summed E-state index contributed by atoms with van der Waals surface area (Å²) in [6, 6.07) is 4.53. The Kier molecular flexibility index (Phi) is 7.25. The van der Waals surface area contributed by atoms with E-state index in [1.54, 1.807) is 6.07 Å². The Morgan fingerprint density at radius 1 is 1.16 bits per heavy atom. The fourth-order valence-corrected chi connectivity index (χ4v) is 4.44. The number of amides is 1. The molecule has 0 heterocycles. The molecule has 1 aromatic carbocycles. The predicted octanol–water partition coefficient (Wildman–Crippen LogP) is 3.43. The molecule has 1 fully saturated rings. The molecule has 1 aliphatic rings. The molecule has 1 saturated carbocycles. The molecule has 2 rings (SSSR count). The molecule has 0 bridgehead atoms. The molecule has 6 nitrogen and oxygen atoms in total. The van der Waals surface area contributed by atoms with Crippen molar-refractivity contribution in [1.29, 1.82) is 0 Å². The Labute approximate surface area is 150 Å². The Morgan fingerprint density at radius 2 is 1.80 bits per heavy atom. The summed E-state index contributed by atoms with van der Waals surface area (Å²) in [6.07, 6.45) is 7.39. The highest BCUT2D eigenvalue weighted by molar-refractivity contribution is 7.89. The van der Waals surface area contributed by atoms with E-state index >= 15 is 0 Å². The largest absolute Gasteiger partial charge is 0.492 e. The van der Waals surface area contributed by atoms with E-state index in [0.29, 0.717) is 18.0 Å². The van der Waals surface area contributed by atoms with Crippen LogP contribution < -0.4 is 14.8 Å². The van der Waals surface area contributed by atoms with Gasteiger partial charge in [-0.3, -0.25) is 4.79 Å². The zero-order valence-electron chi connectivity index (χ0n) is 15.0. The fourth-order valence-electron chi connectivity index (χ4n) is 3.11. The van der Waals surface area contributed by atoms with Crippen molar-refractivity contribution in [3.05, 3.63) is 18.2 Å². The van der Waals surface area contributed by atoms with Crippen LogP contribution in [0.5, 0.6) is 5.75 Å². The van der Waals surface area contributed by atoms with Crippen molar-refractivity contribution in [2.45, 2.75) is 69.7 Å². The molecule has 0 spiro atoms. The predicted molar refractivity (Wildman–Crippen MR) is 98.3 cm³/mol. The first-order chi connectivity index (χ1) is 11.9. The van der Waals surface area contributed by atoms with Crippen molar-refractivity contribution < 1.29 is 17.9 Å². The average Bonchev–Trinajstić information content (AvgIpc) is 2.51. The molecular weight excluding hydrogens is 340 g/mol. The summed E-state index contributed by atoms with van der Waals surface area (Å²) in [5.41, 5.74) is 0.370. The van der Waals surface area contributed by atoms with E-state index < -0.39 is 10.0 Å². The molecule has 2 N–H and O–H groups in total. The Morgan fingerprint density at radius 3 is 2.40 bits per heavy atom. The van der Waals surface area contributed by atoms with Gasteiger partial charge in [0.2, 0.25) is 15.9 Å². The molecule has 0 aromatic heterocycles. The normalized spacial score (nSPS) is 16.7. The summed E-state index contributed by atoms with van der Waals surface area (Å²) < 4.78 is 33.8. The molecule has 0 radical (unpaired) electrons. The van der Waals surface area contributed by atoms with E-state index in [9.17, 15) is 13.2 Å². The van der Waals surface area contributed by atoms with Gasteiger partial charge in [-0.25, -0.2) is 13.1 Å². The van der Waals surface area contributed by atoms with Crippen LogP contribution >= 0.6 is 0 Å². The number of hydrogen-bond acceptors (Lipinski definition) is 4. The van der Waals surface area contributed by atoms with Crippen LogP contribution in [0.15, 0.2) is 23.1 Å². The number of ether oxygens (including phenoxy) is 1. The molecule has 0 atom stereocenters. The summed E-state index contributed by atoms with van der Waals surface area (Å²) in [4.78, 5) is 11.5. The van der Waals surface area contributed by atoms with Crippen LogP contribution in [0, 0.1) is 0 Å². The van der Waals surface area contributed by atoms with Gasteiger partial charge in [-0.05, 0) is 38.0 Å². The second-order valence-electron chi connectivity index (χ2n) is 6.44. The molecule has 1 aromatic rings. The van der Waals surface area contributed by atoms with Crippen molar-refractivity contribution in [2.75, 3.05) is 11.9 Å². The number of benzene rings is 1. The Bertz CT molecular complexity index is 680. The maximum absolute atomic E-state index is 12.7. The van der Waals surface area contributed by atoms with Crippen LogP contribution in [0.2, 0.25) is 0 Å². The first-order valence-corrected chi connectivity index (χ1v) is 10.5. The van der Waals surface area contributed by atoms with Gasteiger partial charge in [-0.15, -0.1) is 0 Å². The molecule has 0 aliphatic heterocycles. The molecule has 1 aliphatic carbocycles. The van der Waals surface area contributed by atoms with Crippen molar-refractivity contribution in [2.24, 2.45) is 0 Å². The lowest BCUT2D eigenvalue weighted by atomic mass is 9.97. The minimum atomic E-state index is -3.63. The third-order valence-corrected chi connectivity index (χ3v) is 5.82. The lowest BCUT2D eigenvalue weighted by Crippen LogP contribution is -2.35. The van der Waals surface area contributed by atoms with Gasteiger partial charge in [-0.1, -0.05) is 32.1 Å². The fraction of sp³-hybridized carbons (Fsp3) is 0.611. The average molecular weight is 368 g/mol. The zero-order valence-corrected chi connectivity index (χ0v) is 15.8. The van der Waals surface area contributed by atoms with Gasteiger partial charge >= 0.3 is 0 Å². The Hall–Kier alpha value is -1.60. The third-order valence-electron chi connectivity index (χ3n) is 4.30. The summed E-state index contributed by atoms with van der Waals surface area (Å²) >= 11 is 0. The van der Waals surface area contributed by atoms with E-state index in [1.807, 2.05) is 6.92 Å². The number of anilines is 1. The van der Waals surface area contributed by atoms with Crippen LogP contribution in [-0.2, 0) is 14.8 Å². The Balaban J connectivity index is 2.20. The summed E-state index contributed by atoms with van der Waals surface area (Å²) in [7, 11) is -3.63. The molecule has 25 heavy (non-hydrogen) atoms. The summed E-state index contributed by atoms with van der Waals surface area (Å²) in [5, 5.41) is 2.64. The smallest absolute Gasteiger partial charge is 0.240 e. The number of sulfonamides is 1. The van der Waals surface area contributed by atoms with Crippen molar-refractivity contribution in [3.63, 3.8) is 0 Å². The third kappa shape index (κ3) is 6.01. The quantitative estimate of drug-likeness (QED) is 0.805. The van der Waals surface area contributed by atoms with Gasteiger partial charge in [-0.2, -0.15) is 0 Å². The topological polar surface area (TPSA) is 84.5 Å². The van der Waals surface area contributed by atoms with Gasteiger partial charge in [0.25, 0.3) is 0 Å². The highest BCUT2D eigenvalue weighted by Gasteiger charge is 2.22. The van der Waals surface area contributed by atoms with E-state index in [1.165, 1.54) is 25.5 Å². The summed E-state index contributed by atoms with van der Waals surface area (Å²) in [6.45, 7) is 3.64. The SMILES string of the molecule is CCOc1ccc(S(=O)(=O)NC2CCCCCCC2)cc1NC(C)=O. The zero-order chi connectivity index (χ0) is 18.3. The molecule has 140 valence electrons. The van der Waals surface area contributed by atoms with Gasteiger partial charge in [0, 0.05) is 13.0 Å². The van der Waals surface area contributed by atoms with Crippen LogP contribution in [0.1, 0.15) is 58.8 Å². The number of carbonyl (C=O) groups is 1. The molecular formula is C18H28N2O4S. The van der Waals surface area contributed by atoms with Crippen molar-refractivity contribution in [3.8, 4) is 5.75 Å². The highest BCUT2D eigenvalue weighted by atomic mass is 32.2. The van der Waals surface area contributed by atoms with Crippen LogP contribution in [0.25, 0.3) is 0 Å². The maximum atomic E-state index is 12.7. The van der Waals surface area contributed by atoms with Crippen LogP contribution in [0.3, 0.4) is 0 Å². The number of carbonyl (C=O) groups excluding carboxylic acids is 1. The maximum Gasteiger partial charge on any atom is 0.240 e. The van der Waals surface area contributed by atoms with E-state index in [4.69, 9.17) is 4.74 Å². The number of hydrogen-bond donors (Lipinski definition) is 2. The monoisotopic (exact) mass is 368 g/mol. The molecule has 7 heteroatoms. The second kappa shape index (κ2) is 9.20. The van der Waals surface area contributed by atoms with Crippen LogP contribution in [-0.4, -0.2) is 27.0 Å². The first-order valence-electron chi connectivity index (χ1n) is 8.99. The standard InChI is InChI=1S/C18H28N2O4S/c1-3-24-18-12-11-16(13-17(18)19-14(2)21)25(22,23)20-15-9-7-5-4-6-8-10-15/h11-13,15,20H,3-10H2,1-2H3,(H,19,21). The van der Waals surface area contributed by atoms with Gasteiger partial charge in [0.05, 0.1) is 17.2 Å². The summed E-state index contributed by atoms with van der Waals surface area (Å²) in [5.74, 6) is 0.186. The van der Waals surface area contributed by atoms with Crippen LogP contribution in [0.4, 0.5) is 5.69 Å². The first kappa shape index (κ1) is 19.7.